The Labute approximate surface area is 115 Å². The molecular weight excluding hydrogens is 216 g/mol. The molecule has 0 aromatic carbocycles. The van der Waals surface area contributed by atoms with E-state index in [2.05, 4.69) is 61.6 Å². The van der Waals surface area contributed by atoms with Gasteiger partial charge in [0.2, 0.25) is 0 Å². The molecule has 0 fully saturated rings. The van der Waals surface area contributed by atoms with Crippen molar-refractivity contribution >= 4 is 0 Å². The molecule has 0 bridgehead atoms. The van der Waals surface area contributed by atoms with Gasteiger partial charge in [-0.1, -0.05) is 56.2 Å². The van der Waals surface area contributed by atoms with Crippen molar-refractivity contribution < 1.29 is 0 Å². The van der Waals surface area contributed by atoms with Crippen LogP contribution in [-0.2, 0) is 0 Å². The Morgan fingerprint density at radius 1 is 1.06 bits per heavy atom. The fourth-order valence-corrected chi connectivity index (χ4v) is 1.83. The minimum absolute atomic E-state index is 0.356. The van der Waals surface area contributed by atoms with E-state index in [4.69, 9.17) is 0 Å². The molecule has 1 atom stereocenters. The number of hydrogen-bond acceptors (Lipinski definition) is 0. The van der Waals surface area contributed by atoms with E-state index in [1.54, 1.807) is 0 Å². The third kappa shape index (κ3) is 5.71. The largest absolute Gasteiger partial charge is 0.0959 e. The van der Waals surface area contributed by atoms with Gasteiger partial charge in [-0.25, -0.2) is 0 Å². The molecule has 0 nitrogen and oxygen atoms in total. The molecule has 0 saturated heterocycles. The Morgan fingerprint density at radius 2 is 1.56 bits per heavy atom. The lowest BCUT2D eigenvalue weighted by Gasteiger charge is -2.33. The Balaban J connectivity index is 4.49. The van der Waals surface area contributed by atoms with Crippen molar-refractivity contribution in [1.82, 2.24) is 0 Å². The summed E-state index contributed by atoms with van der Waals surface area (Å²) >= 11 is 0. The summed E-state index contributed by atoms with van der Waals surface area (Å²) < 4.78 is 0. The molecule has 0 N–H and O–H groups in total. The minimum Gasteiger partial charge on any atom is -0.0959 e. The van der Waals surface area contributed by atoms with E-state index in [0.717, 1.165) is 12.0 Å². The highest BCUT2D eigenvalue weighted by Gasteiger charge is 2.26. The summed E-state index contributed by atoms with van der Waals surface area (Å²) in [6.07, 6.45) is 3.52. The second-order valence-corrected chi connectivity index (χ2v) is 6.76. The fraction of sp³-hybridized carbons (Fsp3) is 0.667. The molecule has 0 aromatic rings. The standard InChI is InChI=1S/C18H32/c1-13(2)15(5)10-11-18(8,9)17(7)12-16(6)14(3)4/h17H,3,6,10-12H2,1-2,4-5,7-9H3. The van der Waals surface area contributed by atoms with Crippen LogP contribution in [0.15, 0.2) is 35.5 Å². The average molecular weight is 248 g/mol. The van der Waals surface area contributed by atoms with Crippen molar-refractivity contribution in [3.63, 3.8) is 0 Å². The van der Waals surface area contributed by atoms with Gasteiger partial charge >= 0.3 is 0 Å². The SMILES string of the molecule is C=C(C)C(=C)CC(C)C(C)(C)CCC(C)=C(C)C. The molecule has 0 aliphatic rings. The molecule has 1 unspecified atom stereocenters. The lowest BCUT2D eigenvalue weighted by Crippen LogP contribution is -2.22. The van der Waals surface area contributed by atoms with Gasteiger partial charge in [-0.15, -0.1) is 0 Å². The van der Waals surface area contributed by atoms with Crippen LogP contribution < -0.4 is 0 Å². The van der Waals surface area contributed by atoms with Crippen LogP contribution in [-0.4, -0.2) is 0 Å². The van der Waals surface area contributed by atoms with Crippen LogP contribution in [0.1, 0.15) is 67.7 Å². The smallest absolute Gasteiger partial charge is 0.0251 e. The summed E-state index contributed by atoms with van der Waals surface area (Å²) in [6, 6.07) is 0. The van der Waals surface area contributed by atoms with Gasteiger partial charge in [0.25, 0.3) is 0 Å². The zero-order chi connectivity index (χ0) is 14.5. The lowest BCUT2D eigenvalue weighted by molar-refractivity contribution is 0.211. The number of rotatable bonds is 7. The summed E-state index contributed by atoms with van der Waals surface area (Å²) in [5.41, 5.74) is 5.68. The maximum atomic E-state index is 4.12. The van der Waals surface area contributed by atoms with Gasteiger partial charge < -0.3 is 0 Å². The Morgan fingerprint density at radius 3 is 1.94 bits per heavy atom. The summed E-state index contributed by atoms with van der Waals surface area (Å²) in [4.78, 5) is 0. The van der Waals surface area contributed by atoms with Crippen molar-refractivity contribution in [2.75, 3.05) is 0 Å². The molecule has 0 aliphatic heterocycles. The maximum absolute atomic E-state index is 4.12. The molecule has 104 valence electrons. The zero-order valence-corrected chi connectivity index (χ0v) is 13.6. The third-order valence-electron chi connectivity index (χ3n) is 4.49. The molecule has 0 aromatic heterocycles. The van der Waals surface area contributed by atoms with Gasteiger partial charge in [-0.3, -0.25) is 0 Å². The first-order chi connectivity index (χ1) is 8.08. The van der Waals surface area contributed by atoms with Crippen LogP contribution in [0.25, 0.3) is 0 Å². The normalized spacial score (nSPS) is 13.1. The highest BCUT2D eigenvalue weighted by Crippen LogP contribution is 2.37. The van der Waals surface area contributed by atoms with Crippen molar-refractivity contribution in [1.29, 1.82) is 0 Å². The van der Waals surface area contributed by atoms with E-state index in [1.165, 1.54) is 29.6 Å². The molecule has 0 heteroatoms. The molecule has 0 saturated carbocycles. The van der Waals surface area contributed by atoms with Crippen LogP contribution in [0, 0.1) is 11.3 Å². The Kier molecular flexibility index (Phi) is 6.67. The lowest BCUT2D eigenvalue weighted by atomic mass is 9.72. The summed E-state index contributed by atoms with van der Waals surface area (Å²) in [6.45, 7) is 23.9. The Hall–Kier alpha value is -0.780. The fourth-order valence-electron chi connectivity index (χ4n) is 1.83. The van der Waals surface area contributed by atoms with E-state index in [1.807, 2.05) is 0 Å². The summed E-state index contributed by atoms with van der Waals surface area (Å²) in [5.74, 6) is 0.645. The molecule has 0 aliphatic carbocycles. The zero-order valence-electron chi connectivity index (χ0n) is 13.6. The first-order valence-corrected chi connectivity index (χ1v) is 7.04. The molecule has 0 rings (SSSR count). The number of hydrogen-bond donors (Lipinski definition) is 0. The molecule has 18 heavy (non-hydrogen) atoms. The van der Waals surface area contributed by atoms with E-state index >= 15 is 0 Å². The van der Waals surface area contributed by atoms with Crippen LogP contribution in [0.2, 0.25) is 0 Å². The van der Waals surface area contributed by atoms with Crippen molar-refractivity contribution in [3.8, 4) is 0 Å². The van der Waals surface area contributed by atoms with Gasteiger partial charge in [0.15, 0.2) is 0 Å². The van der Waals surface area contributed by atoms with Crippen LogP contribution >= 0.6 is 0 Å². The van der Waals surface area contributed by atoms with Crippen molar-refractivity contribution in [3.05, 3.63) is 35.5 Å². The Bertz CT molecular complexity index is 335. The predicted octanol–water partition coefficient (Wildman–Crippen LogP) is 6.31. The highest BCUT2D eigenvalue weighted by molar-refractivity contribution is 5.23. The van der Waals surface area contributed by atoms with E-state index in [0.29, 0.717) is 11.3 Å². The van der Waals surface area contributed by atoms with E-state index in [-0.39, 0.29) is 0 Å². The molecule has 0 radical (unpaired) electrons. The maximum Gasteiger partial charge on any atom is -0.0251 e. The van der Waals surface area contributed by atoms with Crippen molar-refractivity contribution in [2.45, 2.75) is 67.7 Å². The van der Waals surface area contributed by atoms with Gasteiger partial charge in [-0.05, 0) is 58.3 Å². The first-order valence-electron chi connectivity index (χ1n) is 7.04. The topological polar surface area (TPSA) is 0 Å². The molecule has 0 spiro atoms. The third-order valence-corrected chi connectivity index (χ3v) is 4.49. The van der Waals surface area contributed by atoms with Crippen LogP contribution in [0.4, 0.5) is 0 Å². The van der Waals surface area contributed by atoms with Crippen LogP contribution in [0.5, 0.6) is 0 Å². The molecular formula is C18H32. The van der Waals surface area contributed by atoms with Gasteiger partial charge in [-0.2, -0.15) is 0 Å². The quantitative estimate of drug-likeness (QED) is 0.366. The average Bonchev–Trinajstić information content (AvgIpc) is 2.25. The second kappa shape index (κ2) is 6.97. The van der Waals surface area contributed by atoms with Gasteiger partial charge in [0, 0.05) is 0 Å². The van der Waals surface area contributed by atoms with E-state index < -0.39 is 0 Å². The summed E-state index contributed by atoms with van der Waals surface area (Å²) in [7, 11) is 0. The second-order valence-electron chi connectivity index (χ2n) is 6.76. The highest BCUT2D eigenvalue weighted by atomic mass is 14.3. The molecule has 0 amide bonds. The monoisotopic (exact) mass is 248 g/mol. The van der Waals surface area contributed by atoms with Crippen LogP contribution in [0.3, 0.4) is 0 Å². The van der Waals surface area contributed by atoms with Gasteiger partial charge in [0.1, 0.15) is 0 Å². The minimum atomic E-state index is 0.356. The number of allylic oxidation sites excluding steroid dienone is 4. The first kappa shape index (κ1) is 17.2. The molecule has 0 heterocycles. The predicted molar refractivity (Wildman–Crippen MR) is 84.8 cm³/mol. The van der Waals surface area contributed by atoms with E-state index in [9.17, 15) is 0 Å². The summed E-state index contributed by atoms with van der Waals surface area (Å²) in [5, 5.41) is 0. The van der Waals surface area contributed by atoms with Crippen molar-refractivity contribution in [2.24, 2.45) is 11.3 Å². The van der Waals surface area contributed by atoms with Gasteiger partial charge in [0.05, 0.1) is 0 Å².